The predicted molar refractivity (Wildman–Crippen MR) is 69.8 cm³/mol. The first-order chi connectivity index (χ1) is 7.36. The van der Waals surface area contributed by atoms with E-state index in [-0.39, 0.29) is 12.4 Å². The van der Waals surface area contributed by atoms with Crippen LogP contribution in [0.4, 0.5) is 0 Å². The molecule has 1 N–H and O–H groups in total. The number of halogens is 1. The average Bonchev–Trinajstić information content (AvgIpc) is 2.29. The van der Waals surface area contributed by atoms with E-state index >= 15 is 0 Å². The van der Waals surface area contributed by atoms with Crippen LogP contribution in [0.25, 0.3) is 0 Å². The summed E-state index contributed by atoms with van der Waals surface area (Å²) in [6.07, 6.45) is 3.74. The summed E-state index contributed by atoms with van der Waals surface area (Å²) in [5.41, 5.74) is 2.90. The first-order valence-electron chi connectivity index (χ1n) is 5.67. The standard InChI is InChI=1S/C13H19NO.ClH/c1-14-9-10-5-3-7-12-11(10)6-4-8-13(12)15-2;/h4,6,8,10,14H,3,5,7,9H2,1-2H3;1H. The highest BCUT2D eigenvalue weighted by molar-refractivity contribution is 5.85. The van der Waals surface area contributed by atoms with E-state index in [0.717, 1.165) is 12.3 Å². The lowest BCUT2D eigenvalue weighted by atomic mass is 9.82. The van der Waals surface area contributed by atoms with E-state index in [1.165, 1.54) is 30.4 Å². The van der Waals surface area contributed by atoms with E-state index in [1.807, 2.05) is 7.05 Å². The second-order valence-corrected chi connectivity index (χ2v) is 4.17. The van der Waals surface area contributed by atoms with Gasteiger partial charge in [0.2, 0.25) is 0 Å². The van der Waals surface area contributed by atoms with Crippen LogP contribution in [0.1, 0.15) is 29.9 Å². The number of methoxy groups -OCH3 is 1. The molecule has 0 radical (unpaired) electrons. The van der Waals surface area contributed by atoms with Gasteiger partial charge < -0.3 is 10.1 Å². The number of nitrogens with one attached hydrogen (secondary N) is 1. The monoisotopic (exact) mass is 241 g/mol. The number of hydrogen-bond acceptors (Lipinski definition) is 2. The van der Waals surface area contributed by atoms with Crippen molar-refractivity contribution in [1.29, 1.82) is 0 Å². The minimum absolute atomic E-state index is 0. The van der Waals surface area contributed by atoms with E-state index in [9.17, 15) is 0 Å². The van der Waals surface area contributed by atoms with Gasteiger partial charge in [-0.15, -0.1) is 12.4 Å². The van der Waals surface area contributed by atoms with Crippen molar-refractivity contribution in [3.05, 3.63) is 29.3 Å². The Morgan fingerprint density at radius 3 is 2.94 bits per heavy atom. The Bertz CT molecular complexity index is 341. The van der Waals surface area contributed by atoms with Crippen molar-refractivity contribution < 1.29 is 4.74 Å². The maximum atomic E-state index is 5.42. The summed E-state index contributed by atoms with van der Waals surface area (Å²) in [7, 11) is 3.78. The average molecular weight is 242 g/mol. The third-order valence-corrected chi connectivity index (χ3v) is 3.26. The Morgan fingerprint density at radius 1 is 1.44 bits per heavy atom. The van der Waals surface area contributed by atoms with Gasteiger partial charge in [-0.1, -0.05) is 12.1 Å². The molecule has 0 saturated carbocycles. The fraction of sp³-hybridized carbons (Fsp3) is 0.538. The Balaban J connectivity index is 0.00000128. The van der Waals surface area contributed by atoms with E-state index in [0.29, 0.717) is 5.92 Å². The van der Waals surface area contributed by atoms with Crippen LogP contribution in [0.5, 0.6) is 5.75 Å². The van der Waals surface area contributed by atoms with Crippen LogP contribution in [0.2, 0.25) is 0 Å². The maximum Gasteiger partial charge on any atom is 0.122 e. The normalized spacial score (nSPS) is 18.5. The first kappa shape index (κ1) is 13.3. The molecule has 0 aliphatic heterocycles. The highest BCUT2D eigenvalue weighted by Crippen LogP contribution is 2.36. The quantitative estimate of drug-likeness (QED) is 0.879. The van der Waals surface area contributed by atoms with Crippen LogP contribution in [-0.2, 0) is 6.42 Å². The number of likely N-dealkylation sites (N-methyl/N-ethyl adjacent to an activating group) is 1. The van der Waals surface area contributed by atoms with Crippen LogP contribution in [-0.4, -0.2) is 20.7 Å². The fourth-order valence-corrected chi connectivity index (χ4v) is 2.56. The number of rotatable bonds is 3. The Kier molecular flexibility index (Phi) is 5.10. The second-order valence-electron chi connectivity index (χ2n) is 4.17. The molecule has 1 unspecified atom stereocenters. The lowest BCUT2D eigenvalue weighted by Crippen LogP contribution is -2.21. The van der Waals surface area contributed by atoms with Crippen molar-refractivity contribution in [1.82, 2.24) is 5.32 Å². The summed E-state index contributed by atoms with van der Waals surface area (Å²) in [6, 6.07) is 6.42. The van der Waals surface area contributed by atoms with Gasteiger partial charge in [0, 0.05) is 6.54 Å². The minimum Gasteiger partial charge on any atom is -0.496 e. The zero-order chi connectivity index (χ0) is 10.7. The van der Waals surface area contributed by atoms with Crippen LogP contribution in [0.15, 0.2) is 18.2 Å². The molecule has 2 nitrogen and oxygen atoms in total. The molecule has 1 atom stereocenters. The van der Waals surface area contributed by atoms with Gasteiger partial charge in [-0.2, -0.15) is 0 Å². The van der Waals surface area contributed by atoms with Gasteiger partial charge in [0.15, 0.2) is 0 Å². The summed E-state index contributed by atoms with van der Waals surface area (Å²) in [4.78, 5) is 0. The van der Waals surface area contributed by atoms with E-state index < -0.39 is 0 Å². The molecule has 2 rings (SSSR count). The zero-order valence-electron chi connectivity index (χ0n) is 9.95. The van der Waals surface area contributed by atoms with Crippen LogP contribution in [0.3, 0.4) is 0 Å². The van der Waals surface area contributed by atoms with Crippen molar-refractivity contribution in [2.75, 3.05) is 20.7 Å². The topological polar surface area (TPSA) is 21.3 Å². The van der Waals surface area contributed by atoms with Crippen molar-refractivity contribution in [3.8, 4) is 5.75 Å². The maximum absolute atomic E-state index is 5.42. The molecule has 0 bridgehead atoms. The van der Waals surface area contributed by atoms with Gasteiger partial charge in [0.25, 0.3) is 0 Å². The van der Waals surface area contributed by atoms with Crippen LogP contribution >= 0.6 is 12.4 Å². The van der Waals surface area contributed by atoms with Gasteiger partial charge in [-0.3, -0.25) is 0 Å². The summed E-state index contributed by atoms with van der Waals surface area (Å²) in [6.45, 7) is 1.07. The summed E-state index contributed by atoms with van der Waals surface area (Å²) >= 11 is 0. The lowest BCUT2D eigenvalue weighted by molar-refractivity contribution is 0.402. The molecule has 1 aliphatic rings. The number of benzene rings is 1. The smallest absolute Gasteiger partial charge is 0.122 e. The highest BCUT2D eigenvalue weighted by Gasteiger charge is 2.21. The molecule has 0 heterocycles. The molecule has 1 aliphatic carbocycles. The molecule has 3 heteroatoms. The van der Waals surface area contributed by atoms with Crippen molar-refractivity contribution in [3.63, 3.8) is 0 Å². The largest absolute Gasteiger partial charge is 0.496 e. The van der Waals surface area contributed by atoms with Crippen molar-refractivity contribution >= 4 is 12.4 Å². The Labute approximate surface area is 104 Å². The molecule has 0 saturated heterocycles. The molecule has 0 amide bonds. The molecular weight excluding hydrogens is 222 g/mol. The SMILES string of the molecule is CNCC1CCCc2c(OC)cccc21.Cl. The first-order valence-corrected chi connectivity index (χ1v) is 5.67. The fourth-order valence-electron chi connectivity index (χ4n) is 2.56. The second kappa shape index (κ2) is 6.12. The van der Waals surface area contributed by atoms with Gasteiger partial charge in [0.05, 0.1) is 7.11 Å². The third kappa shape index (κ3) is 2.50. The van der Waals surface area contributed by atoms with E-state index in [1.54, 1.807) is 7.11 Å². The third-order valence-electron chi connectivity index (χ3n) is 3.26. The molecule has 90 valence electrons. The van der Waals surface area contributed by atoms with Crippen molar-refractivity contribution in [2.24, 2.45) is 0 Å². The number of ether oxygens (including phenoxy) is 1. The molecule has 16 heavy (non-hydrogen) atoms. The van der Waals surface area contributed by atoms with Gasteiger partial charge in [-0.05, 0) is 49.4 Å². The van der Waals surface area contributed by atoms with E-state index in [4.69, 9.17) is 4.74 Å². The Morgan fingerprint density at radius 2 is 2.25 bits per heavy atom. The van der Waals surface area contributed by atoms with Gasteiger partial charge in [-0.25, -0.2) is 0 Å². The Hall–Kier alpha value is -0.730. The summed E-state index contributed by atoms with van der Waals surface area (Å²) < 4.78 is 5.42. The highest BCUT2D eigenvalue weighted by atomic mass is 35.5. The molecular formula is C13H20ClNO. The van der Waals surface area contributed by atoms with Crippen LogP contribution in [0, 0.1) is 0 Å². The molecule has 1 aromatic carbocycles. The van der Waals surface area contributed by atoms with E-state index in [2.05, 4.69) is 23.5 Å². The predicted octanol–water partition coefficient (Wildman–Crippen LogP) is 2.76. The van der Waals surface area contributed by atoms with Gasteiger partial charge in [0.1, 0.15) is 5.75 Å². The lowest BCUT2D eigenvalue weighted by Gasteiger charge is -2.26. The van der Waals surface area contributed by atoms with Crippen LogP contribution < -0.4 is 10.1 Å². The molecule has 0 fully saturated rings. The molecule has 0 aromatic heterocycles. The minimum atomic E-state index is 0. The molecule has 1 aromatic rings. The summed E-state index contributed by atoms with van der Waals surface area (Å²) in [5, 5.41) is 3.27. The molecule has 0 spiro atoms. The number of hydrogen-bond donors (Lipinski definition) is 1. The summed E-state index contributed by atoms with van der Waals surface area (Å²) in [5.74, 6) is 1.72. The van der Waals surface area contributed by atoms with Gasteiger partial charge >= 0.3 is 0 Å². The zero-order valence-corrected chi connectivity index (χ0v) is 10.8. The van der Waals surface area contributed by atoms with Crippen molar-refractivity contribution in [2.45, 2.75) is 25.2 Å². The number of fused-ring (bicyclic) bond motifs is 1.